The van der Waals surface area contributed by atoms with Crippen molar-refractivity contribution in [3.8, 4) is 0 Å². The number of hydrogen-bond acceptors (Lipinski definition) is 1. The molecule has 0 aromatic heterocycles. The first kappa shape index (κ1) is 15.0. The van der Waals surface area contributed by atoms with E-state index in [1.165, 1.54) is 90.0 Å². The van der Waals surface area contributed by atoms with Crippen LogP contribution in [0.2, 0.25) is 0 Å². The maximum atomic E-state index is 3.77. The molecule has 17 heavy (non-hydrogen) atoms. The van der Waals surface area contributed by atoms with Crippen LogP contribution in [0.15, 0.2) is 0 Å². The van der Waals surface area contributed by atoms with E-state index >= 15 is 0 Å². The molecule has 0 aliphatic heterocycles. The van der Waals surface area contributed by atoms with Crippen LogP contribution in [0.3, 0.4) is 0 Å². The zero-order chi connectivity index (χ0) is 12.2. The Kier molecular flexibility index (Phi) is 9.78. The van der Waals surface area contributed by atoms with Gasteiger partial charge < -0.3 is 5.32 Å². The van der Waals surface area contributed by atoms with E-state index in [2.05, 4.69) is 12.2 Å². The van der Waals surface area contributed by atoms with Crippen molar-refractivity contribution in [2.75, 3.05) is 6.54 Å². The van der Waals surface area contributed by atoms with Crippen LogP contribution < -0.4 is 5.32 Å². The molecule has 1 N–H and O–H groups in total. The smallest absolute Gasteiger partial charge is 0.00670 e. The summed E-state index contributed by atoms with van der Waals surface area (Å²) in [6, 6.07) is 0.820. The molecule has 1 fully saturated rings. The molecule has 1 aliphatic rings. The van der Waals surface area contributed by atoms with Gasteiger partial charge >= 0.3 is 0 Å². The molecule has 0 unspecified atom stereocenters. The lowest BCUT2D eigenvalue weighted by molar-refractivity contribution is 0.402. The minimum atomic E-state index is 0.820. The van der Waals surface area contributed by atoms with Gasteiger partial charge in [0.1, 0.15) is 0 Å². The molecule has 1 rings (SSSR count). The molecule has 0 heterocycles. The molecule has 1 saturated carbocycles. The molecule has 1 aliphatic carbocycles. The topological polar surface area (TPSA) is 12.0 Å². The van der Waals surface area contributed by atoms with E-state index in [0.717, 1.165) is 6.04 Å². The highest BCUT2D eigenvalue weighted by molar-refractivity contribution is 4.68. The average molecular weight is 239 g/mol. The van der Waals surface area contributed by atoms with Gasteiger partial charge in [-0.05, 0) is 25.8 Å². The highest BCUT2D eigenvalue weighted by atomic mass is 14.9. The van der Waals surface area contributed by atoms with Crippen molar-refractivity contribution in [3.05, 3.63) is 0 Å². The summed E-state index contributed by atoms with van der Waals surface area (Å²) in [5.74, 6) is 0. The van der Waals surface area contributed by atoms with Crippen molar-refractivity contribution in [2.24, 2.45) is 0 Å². The van der Waals surface area contributed by atoms with Gasteiger partial charge in [0, 0.05) is 6.04 Å². The van der Waals surface area contributed by atoms with Gasteiger partial charge in [0.2, 0.25) is 0 Å². The zero-order valence-electron chi connectivity index (χ0n) is 12.0. The second-order valence-corrected chi connectivity index (χ2v) is 5.76. The Balaban J connectivity index is 2.17. The molecule has 1 heteroatoms. The van der Waals surface area contributed by atoms with Gasteiger partial charge in [-0.2, -0.15) is 0 Å². The highest BCUT2D eigenvalue weighted by Crippen LogP contribution is 2.16. The Morgan fingerprint density at radius 2 is 1.24 bits per heavy atom. The Morgan fingerprint density at radius 1 is 0.765 bits per heavy atom. The third-order valence-corrected chi connectivity index (χ3v) is 4.07. The highest BCUT2D eigenvalue weighted by Gasteiger charge is 2.08. The SMILES string of the molecule is CCCCNC1CCCCCCCCCCC1. The van der Waals surface area contributed by atoms with Gasteiger partial charge in [-0.1, -0.05) is 71.1 Å². The van der Waals surface area contributed by atoms with E-state index in [9.17, 15) is 0 Å². The van der Waals surface area contributed by atoms with Crippen molar-refractivity contribution >= 4 is 0 Å². The quantitative estimate of drug-likeness (QED) is 0.677. The number of rotatable bonds is 4. The van der Waals surface area contributed by atoms with Crippen molar-refractivity contribution in [2.45, 2.75) is 96.4 Å². The molecule has 102 valence electrons. The van der Waals surface area contributed by atoms with E-state index < -0.39 is 0 Å². The van der Waals surface area contributed by atoms with Gasteiger partial charge in [0.05, 0.1) is 0 Å². The lowest BCUT2D eigenvalue weighted by atomic mass is 9.98. The van der Waals surface area contributed by atoms with E-state index in [4.69, 9.17) is 0 Å². The fraction of sp³-hybridized carbons (Fsp3) is 1.00. The molecule has 0 bridgehead atoms. The van der Waals surface area contributed by atoms with Crippen LogP contribution in [0.4, 0.5) is 0 Å². The summed E-state index contributed by atoms with van der Waals surface area (Å²) >= 11 is 0. The van der Waals surface area contributed by atoms with Gasteiger partial charge in [-0.3, -0.25) is 0 Å². The first-order chi connectivity index (χ1) is 8.43. The molecular formula is C16H33N. The minimum Gasteiger partial charge on any atom is -0.314 e. The van der Waals surface area contributed by atoms with Gasteiger partial charge in [-0.25, -0.2) is 0 Å². The van der Waals surface area contributed by atoms with Crippen molar-refractivity contribution in [1.82, 2.24) is 5.32 Å². The van der Waals surface area contributed by atoms with Crippen LogP contribution in [0, 0.1) is 0 Å². The molecule has 0 aromatic rings. The van der Waals surface area contributed by atoms with Crippen LogP contribution in [0.1, 0.15) is 90.4 Å². The van der Waals surface area contributed by atoms with E-state index in [1.807, 2.05) is 0 Å². The summed E-state index contributed by atoms with van der Waals surface area (Å²) in [7, 11) is 0. The Labute approximate surface area is 109 Å². The molecule has 0 saturated heterocycles. The molecular weight excluding hydrogens is 206 g/mol. The molecule has 0 amide bonds. The Hall–Kier alpha value is -0.0400. The molecule has 0 atom stereocenters. The second kappa shape index (κ2) is 11.1. The molecule has 1 nitrogen and oxygen atoms in total. The summed E-state index contributed by atoms with van der Waals surface area (Å²) in [5.41, 5.74) is 0. The van der Waals surface area contributed by atoms with Gasteiger partial charge in [0.25, 0.3) is 0 Å². The monoisotopic (exact) mass is 239 g/mol. The zero-order valence-corrected chi connectivity index (χ0v) is 12.0. The maximum Gasteiger partial charge on any atom is 0.00670 e. The fourth-order valence-electron chi connectivity index (χ4n) is 2.85. The molecule has 0 radical (unpaired) electrons. The van der Waals surface area contributed by atoms with Crippen LogP contribution in [0.25, 0.3) is 0 Å². The average Bonchev–Trinajstić information content (AvgIpc) is 2.32. The molecule has 0 aromatic carbocycles. The first-order valence-corrected chi connectivity index (χ1v) is 8.17. The van der Waals surface area contributed by atoms with Crippen LogP contribution in [-0.4, -0.2) is 12.6 Å². The fourth-order valence-corrected chi connectivity index (χ4v) is 2.85. The van der Waals surface area contributed by atoms with Crippen LogP contribution >= 0.6 is 0 Å². The van der Waals surface area contributed by atoms with Gasteiger partial charge in [-0.15, -0.1) is 0 Å². The van der Waals surface area contributed by atoms with E-state index in [-0.39, 0.29) is 0 Å². The summed E-state index contributed by atoms with van der Waals surface area (Å²) in [6.45, 7) is 3.52. The van der Waals surface area contributed by atoms with Crippen LogP contribution in [0.5, 0.6) is 0 Å². The van der Waals surface area contributed by atoms with Gasteiger partial charge in [0.15, 0.2) is 0 Å². The lowest BCUT2D eigenvalue weighted by Gasteiger charge is -2.19. The normalized spacial score (nSPS) is 21.7. The summed E-state index contributed by atoms with van der Waals surface area (Å²) < 4.78 is 0. The minimum absolute atomic E-state index is 0.820. The Morgan fingerprint density at radius 3 is 1.71 bits per heavy atom. The number of nitrogens with one attached hydrogen (secondary N) is 1. The van der Waals surface area contributed by atoms with E-state index in [0.29, 0.717) is 0 Å². The van der Waals surface area contributed by atoms with Crippen LogP contribution in [-0.2, 0) is 0 Å². The summed E-state index contributed by atoms with van der Waals surface area (Å²) in [5, 5.41) is 3.77. The third kappa shape index (κ3) is 8.65. The number of unbranched alkanes of at least 4 members (excludes halogenated alkanes) is 1. The van der Waals surface area contributed by atoms with Crippen molar-refractivity contribution in [1.29, 1.82) is 0 Å². The Bertz CT molecular complexity index is 144. The van der Waals surface area contributed by atoms with E-state index in [1.54, 1.807) is 0 Å². The predicted molar refractivity (Wildman–Crippen MR) is 77.5 cm³/mol. The third-order valence-electron chi connectivity index (χ3n) is 4.07. The maximum absolute atomic E-state index is 3.77. The summed E-state index contributed by atoms with van der Waals surface area (Å²) in [4.78, 5) is 0. The van der Waals surface area contributed by atoms with Crippen molar-refractivity contribution in [3.63, 3.8) is 0 Å². The largest absolute Gasteiger partial charge is 0.314 e. The second-order valence-electron chi connectivity index (χ2n) is 5.76. The first-order valence-electron chi connectivity index (χ1n) is 8.17. The van der Waals surface area contributed by atoms with Crippen molar-refractivity contribution < 1.29 is 0 Å². The predicted octanol–water partition coefficient (Wildman–Crippen LogP) is 5.05. The summed E-state index contributed by atoms with van der Waals surface area (Å²) in [6.07, 6.45) is 18.7. The standard InChI is InChI=1S/C16H33N/c1-2-3-15-17-16-13-11-9-7-5-4-6-8-10-12-14-16/h16-17H,2-15H2,1H3. The molecule has 0 spiro atoms. The lowest BCUT2D eigenvalue weighted by Crippen LogP contribution is -2.30. The number of hydrogen-bond donors (Lipinski definition) is 1.